The van der Waals surface area contributed by atoms with Gasteiger partial charge in [-0.2, -0.15) is 0 Å². The van der Waals surface area contributed by atoms with Gasteiger partial charge in [0.2, 0.25) is 0 Å². The van der Waals surface area contributed by atoms with Crippen LogP contribution in [0, 0.1) is 5.82 Å². The summed E-state index contributed by atoms with van der Waals surface area (Å²) in [4.78, 5) is 0. The third kappa shape index (κ3) is 4.20. The maximum Gasteiger partial charge on any atom is 0.142 e. The molecule has 1 rings (SSSR count). The molecule has 2 unspecified atom stereocenters. The van der Waals surface area contributed by atoms with Crippen LogP contribution < -0.4 is 5.32 Å². The van der Waals surface area contributed by atoms with Gasteiger partial charge in [0.25, 0.3) is 0 Å². The first-order valence-electron chi connectivity index (χ1n) is 4.97. The molecule has 1 aromatic rings. The molecule has 0 spiro atoms. The van der Waals surface area contributed by atoms with Crippen LogP contribution in [0.5, 0.6) is 0 Å². The van der Waals surface area contributed by atoms with Crippen LogP contribution in [0.4, 0.5) is 4.39 Å². The van der Waals surface area contributed by atoms with Crippen molar-refractivity contribution in [1.29, 1.82) is 0 Å². The average molecular weight is 264 g/mol. The Balaban J connectivity index is 2.43. The molecule has 0 aliphatic rings. The van der Waals surface area contributed by atoms with Crippen LogP contribution in [-0.2, 0) is 17.3 Å². The topological polar surface area (TPSA) is 29.1 Å². The Labute approximate surface area is 103 Å². The second-order valence-electron chi connectivity index (χ2n) is 3.69. The van der Waals surface area contributed by atoms with Gasteiger partial charge in [0.15, 0.2) is 0 Å². The molecule has 5 heteroatoms. The summed E-state index contributed by atoms with van der Waals surface area (Å²) in [5.41, 5.74) is 0.830. The first-order chi connectivity index (χ1) is 7.50. The number of halogens is 2. The molecule has 0 bridgehead atoms. The molecule has 90 valence electrons. The molecule has 2 nitrogen and oxygen atoms in total. The van der Waals surface area contributed by atoms with E-state index in [1.165, 1.54) is 12.1 Å². The van der Waals surface area contributed by atoms with Gasteiger partial charge in [0.1, 0.15) is 5.82 Å². The molecular formula is C11H15ClFNOS. The van der Waals surface area contributed by atoms with Gasteiger partial charge in [-0.3, -0.25) is 4.21 Å². The van der Waals surface area contributed by atoms with Crippen molar-refractivity contribution >= 4 is 22.4 Å². The Bertz CT molecular complexity index is 386. The van der Waals surface area contributed by atoms with Gasteiger partial charge in [-0.1, -0.05) is 17.7 Å². The molecule has 0 fully saturated rings. The SMILES string of the molecule is CC(CNCc1ccc(Cl)c(F)c1)S(C)=O. The predicted octanol–water partition coefficient (Wildman–Crippen LogP) is 2.34. The summed E-state index contributed by atoms with van der Waals surface area (Å²) in [5.74, 6) is -0.409. The number of benzene rings is 1. The minimum atomic E-state index is -0.834. The molecule has 0 saturated carbocycles. The fourth-order valence-corrected chi connectivity index (χ4v) is 1.66. The lowest BCUT2D eigenvalue weighted by Gasteiger charge is -2.10. The number of hydrogen-bond donors (Lipinski definition) is 1. The molecule has 0 radical (unpaired) electrons. The third-order valence-corrected chi connectivity index (χ3v) is 3.92. The van der Waals surface area contributed by atoms with E-state index in [-0.39, 0.29) is 10.3 Å². The van der Waals surface area contributed by atoms with Gasteiger partial charge in [0, 0.05) is 35.4 Å². The molecule has 1 aromatic carbocycles. The fraction of sp³-hybridized carbons (Fsp3) is 0.455. The van der Waals surface area contributed by atoms with Crippen molar-refractivity contribution in [2.45, 2.75) is 18.7 Å². The van der Waals surface area contributed by atoms with E-state index in [1.54, 1.807) is 12.3 Å². The molecule has 16 heavy (non-hydrogen) atoms. The predicted molar refractivity (Wildman–Crippen MR) is 66.6 cm³/mol. The zero-order chi connectivity index (χ0) is 12.1. The normalized spacial score (nSPS) is 14.8. The van der Waals surface area contributed by atoms with E-state index in [9.17, 15) is 8.60 Å². The van der Waals surface area contributed by atoms with Crippen LogP contribution in [-0.4, -0.2) is 22.3 Å². The average Bonchev–Trinajstić information content (AvgIpc) is 2.23. The Morgan fingerprint density at radius 3 is 2.81 bits per heavy atom. The van der Waals surface area contributed by atoms with Crippen LogP contribution >= 0.6 is 11.6 Å². The maximum absolute atomic E-state index is 13.1. The summed E-state index contributed by atoms with van der Waals surface area (Å²) >= 11 is 5.57. The minimum Gasteiger partial charge on any atom is -0.311 e. The van der Waals surface area contributed by atoms with Crippen molar-refractivity contribution in [3.8, 4) is 0 Å². The van der Waals surface area contributed by atoms with Gasteiger partial charge in [-0.05, 0) is 24.6 Å². The van der Waals surface area contributed by atoms with Crippen molar-refractivity contribution < 1.29 is 8.60 Å². The first kappa shape index (κ1) is 13.6. The Morgan fingerprint density at radius 2 is 2.25 bits per heavy atom. The molecule has 0 saturated heterocycles. The second kappa shape index (κ2) is 6.33. The highest BCUT2D eigenvalue weighted by Crippen LogP contribution is 2.15. The van der Waals surface area contributed by atoms with Crippen molar-refractivity contribution in [1.82, 2.24) is 5.32 Å². The summed E-state index contributed by atoms with van der Waals surface area (Å²) in [5, 5.41) is 3.35. The molecule has 2 atom stereocenters. The van der Waals surface area contributed by atoms with E-state index in [2.05, 4.69) is 5.32 Å². The quantitative estimate of drug-likeness (QED) is 0.884. The highest BCUT2D eigenvalue weighted by atomic mass is 35.5. The maximum atomic E-state index is 13.1. The van der Waals surface area contributed by atoms with Gasteiger partial charge in [-0.25, -0.2) is 4.39 Å². The van der Waals surface area contributed by atoms with Crippen LogP contribution in [0.2, 0.25) is 5.02 Å². The van der Waals surface area contributed by atoms with E-state index in [0.29, 0.717) is 13.1 Å². The van der Waals surface area contributed by atoms with Crippen LogP contribution in [0.25, 0.3) is 0 Å². The van der Waals surface area contributed by atoms with E-state index in [1.807, 2.05) is 6.92 Å². The first-order valence-corrected chi connectivity index (χ1v) is 6.97. The van der Waals surface area contributed by atoms with Crippen LogP contribution in [0.3, 0.4) is 0 Å². The lowest BCUT2D eigenvalue weighted by Crippen LogP contribution is -2.27. The largest absolute Gasteiger partial charge is 0.311 e. The standard InChI is InChI=1S/C11H15ClFNOS/c1-8(16(2)15)6-14-7-9-3-4-10(12)11(13)5-9/h3-5,8,14H,6-7H2,1-2H3. The summed E-state index contributed by atoms with van der Waals surface area (Å²) in [6, 6.07) is 4.71. The lowest BCUT2D eigenvalue weighted by molar-refractivity contribution is 0.618. The molecular weight excluding hydrogens is 249 g/mol. The zero-order valence-corrected chi connectivity index (χ0v) is 10.9. The van der Waals surface area contributed by atoms with Crippen molar-refractivity contribution in [2.75, 3.05) is 12.8 Å². The minimum absolute atomic E-state index is 0.0946. The summed E-state index contributed by atoms with van der Waals surface area (Å²) in [7, 11) is -0.834. The zero-order valence-electron chi connectivity index (χ0n) is 9.30. The Morgan fingerprint density at radius 1 is 1.56 bits per heavy atom. The van der Waals surface area contributed by atoms with E-state index < -0.39 is 16.6 Å². The van der Waals surface area contributed by atoms with Crippen molar-refractivity contribution in [2.24, 2.45) is 0 Å². The lowest BCUT2D eigenvalue weighted by atomic mass is 10.2. The molecule has 0 aliphatic carbocycles. The summed E-state index contributed by atoms with van der Waals surface area (Å²) < 4.78 is 24.2. The molecule has 1 N–H and O–H groups in total. The smallest absolute Gasteiger partial charge is 0.142 e. The monoisotopic (exact) mass is 263 g/mol. The molecule has 0 heterocycles. The van der Waals surface area contributed by atoms with Crippen molar-refractivity contribution in [3.63, 3.8) is 0 Å². The van der Waals surface area contributed by atoms with Gasteiger partial charge < -0.3 is 5.32 Å². The van der Waals surface area contributed by atoms with E-state index in [0.717, 1.165) is 5.56 Å². The van der Waals surface area contributed by atoms with Crippen molar-refractivity contribution in [3.05, 3.63) is 34.6 Å². The van der Waals surface area contributed by atoms with E-state index >= 15 is 0 Å². The van der Waals surface area contributed by atoms with Gasteiger partial charge in [-0.15, -0.1) is 0 Å². The van der Waals surface area contributed by atoms with Gasteiger partial charge in [0.05, 0.1) is 5.02 Å². The van der Waals surface area contributed by atoms with Crippen LogP contribution in [0.1, 0.15) is 12.5 Å². The van der Waals surface area contributed by atoms with Crippen LogP contribution in [0.15, 0.2) is 18.2 Å². The molecule has 0 aliphatic heterocycles. The number of nitrogens with one attached hydrogen (secondary N) is 1. The molecule has 0 amide bonds. The Hall–Kier alpha value is -0.450. The van der Waals surface area contributed by atoms with Gasteiger partial charge >= 0.3 is 0 Å². The third-order valence-electron chi connectivity index (χ3n) is 2.31. The summed E-state index contributed by atoms with van der Waals surface area (Å²) in [6.07, 6.45) is 1.67. The number of hydrogen-bond acceptors (Lipinski definition) is 2. The second-order valence-corrected chi connectivity index (χ2v) is 5.90. The molecule has 0 aromatic heterocycles. The highest BCUT2D eigenvalue weighted by Gasteiger charge is 2.05. The van der Waals surface area contributed by atoms with E-state index in [4.69, 9.17) is 11.6 Å². The Kier molecular flexibility index (Phi) is 5.38. The fourth-order valence-electron chi connectivity index (χ4n) is 1.19. The summed E-state index contributed by atoms with van der Waals surface area (Å²) in [6.45, 7) is 3.11. The number of rotatable bonds is 5. The highest BCUT2D eigenvalue weighted by molar-refractivity contribution is 7.84.